The number of nitrogens with zero attached hydrogens (tertiary/aromatic N) is 3. The maximum absolute atomic E-state index is 12.5. The summed E-state index contributed by atoms with van der Waals surface area (Å²) in [6.45, 7) is 3.48. The van der Waals surface area contributed by atoms with Gasteiger partial charge in [-0.3, -0.25) is 9.48 Å². The predicted molar refractivity (Wildman–Crippen MR) is 85.0 cm³/mol. The number of carbonyl (C=O) groups excluding carboxylic acids is 1. The van der Waals surface area contributed by atoms with Gasteiger partial charge in [0, 0.05) is 13.0 Å². The summed E-state index contributed by atoms with van der Waals surface area (Å²) >= 11 is 6.13. The van der Waals surface area contributed by atoms with Crippen molar-refractivity contribution >= 4 is 17.4 Å². The first-order valence-corrected chi connectivity index (χ1v) is 7.30. The van der Waals surface area contributed by atoms with Gasteiger partial charge in [-0.05, 0) is 26.6 Å². The monoisotopic (exact) mass is 305 g/mol. The summed E-state index contributed by atoms with van der Waals surface area (Å²) in [7, 11) is 3.97. The molecule has 0 unspecified atom stereocenters. The molecule has 1 aromatic heterocycles. The molecule has 1 heterocycles. The van der Waals surface area contributed by atoms with Crippen molar-refractivity contribution in [1.29, 1.82) is 0 Å². The van der Waals surface area contributed by atoms with Gasteiger partial charge in [0.15, 0.2) is 5.78 Å². The second kappa shape index (κ2) is 6.87. The van der Waals surface area contributed by atoms with Crippen molar-refractivity contribution in [2.24, 2.45) is 0 Å². The zero-order valence-electron chi connectivity index (χ0n) is 12.6. The molecule has 0 aliphatic carbocycles. The fourth-order valence-electron chi connectivity index (χ4n) is 2.08. The Morgan fingerprint density at radius 1 is 1.29 bits per heavy atom. The van der Waals surface area contributed by atoms with Gasteiger partial charge in [-0.25, -0.2) is 0 Å². The number of rotatable bonds is 6. The predicted octanol–water partition coefficient (Wildman–Crippen LogP) is 2.83. The standard InChI is InChI=1S/C16H20ClN3O/c1-12-4-6-13(7-5-12)10-15(21)16-14(17)11-18-20(16)9-8-19(2)3/h4-7,11H,8-10H2,1-3H3. The number of aromatic nitrogens is 2. The molecule has 112 valence electrons. The zero-order chi connectivity index (χ0) is 15.4. The van der Waals surface area contributed by atoms with Crippen LogP contribution in [0.1, 0.15) is 21.6 Å². The number of ketones is 1. The number of likely N-dealkylation sites (N-methyl/N-ethyl adjacent to an activating group) is 1. The first-order chi connectivity index (χ1) is 9.97. The molecule has 0 N–H and O–H groups in total. The fraction of sp³-hybridized carbons (Fsp3) is 0.375. The summed E-state index contributed by atoms with van der Waals surface area (Å²) in [6, 6.07) is 7.96. The molecular formula is C16H20ClN3O. The first-order valence-electron chi connectivity index (χ1n) is 6.92. The first kappa shape index (κ1) is 15.7. The van der Waals surface area contributed by atoms with Crippen LogP contribution in [-0.2, 0) is 13.0 Å². The SMILES string of the molecule is Cc1ccc(CC(=O)c2c(Cl)cnn2CCN(C)C)cc1. The van der Waals surface area contributed by atoms with Gasteiger partial charge in [0.1, 0.15) is 5.69 Å². The van der Waals surface area contributed by atoms with E-state index in [4.69, 9.17) is 11.6 Å². The van der Waals surface area contributed by atoms with Crippen molar-refractivity contribution in [3.05, 3.63) is 52.3 Å². The van der Waals surface area contributed by atoms with Crippen LogP contribution in [0, 0.1) is 6.92 Å². The summed E-state index contributed by atoms with van der Waals surface area (Å²) in [5.74, 6) is 0.000101. The Bertz CT molecular complexity index is 617. The van der Waals surface area contributed by atoms with Crippen molar-refractivity contribution in [3.8, 4) is 0 Å². The highest BCUT2D eigenvalue weighted by molar-refractivity contribution is 6.33. The summed E-state index contributed by atoms with van der Waals surface area (Å²) in [5, 5.41) is 4.62. The molecule has 0 aliphatic rings. The fourth-order valence-corrected chi connectivity index (χ4v) is 2.33. The Labute approximate surface area is 130 Å². The Hall–Kier alpha value is -1.65. The van der Waals surface area contributed by atoms with E-state index in [1.807, 2.05) is 50.2 Å². The summed E-state index contributed by atoms with van der Waals surface area (Å²) in [6.07, 6.45) is 1.88. The highest BCUT2D eigenvalue weighted by atomic mass is 35.5. The summed E-state index contributed by atoms with van der Waals surface area (Å²) in [5.41, 5.74) is 2.67. The second-order valence-corrected chi connectivity index (χ2v) is 5.86. The van der Waals surface area contributed by atoms with E-state index in [9.17, 15) is 4.79 Å². The molecule has 0 spiro atoms. The number of benzene rings is 1. The molecule has 2 aromatic rings. The van der Waals surface area contributed by atoms with Gasteiger partial charge >= 0.3 is 0 Å². The quantitative estimate of drug-likeness (QED) is 0.770. The van der Waals surface area contributed by atoms with E-state index in [0.717, 1.165) is 12.1 Å². The number of Topliss-reactive ketones (excluding diaryl/α,β-unsaturated/α-hetero) is 1. The minimum atomic E-state index is 0.000101. The Kier molecular flexibility index (Phi) is 5.15. The molecule has 0 radical (unpaired) electrons. The molecule has 1 aromatic carbocycles. The average molecular weight is 306 g/mol. The molecule has 0 aliphatic heterocycles. The highest BCUT2D eigenvalue weighted by Gasteiger charge is 2.17. The van der Waals surface area contributed by atoms with Crippen molar-refractivity contribution in [1.82, 2.24) is 14.7 Å². The van der Waals surface area contributed by atoms with Crippen molar-refractivity contribution in [2.75, 3.05) is 20.6 Å². The normalized spacial score (nSPS) is 11.1. The van der Waals surface area contributed by atoms with E-state index in [1.165, 1.54) is 5.56 Å². The maximum atomic E-state index is 12.5. The lowest BCUT2D eigenvalue weighted by atomic mass is 10.1. The van der Waals surface area contributed by atoms with Gasteiger partial charge in [-0.15, -0.1) is 0 Å². The molecule has 2 rings (SSSR count). The minimum Gasteiger partial charge on any atom is -0.308 e. The maximum Gasteiger partial charge on any atom is 0.186 e. The van der Waals surface area contributed by atoms with Crippen LogP contribution >= 0.6 is 11.6 Å². The van der Waals surface area contributed by atoms with Gasteiger partial charge in [0.05, 0.1) is 17.8 Å². The number of carbonyl (C=O) groups is 1. The number of hydrogen-bond acceptors (Lipinski definition) is 3. The lowest BCUT2D eigenvalue weighted by Gasteiger charge is -2.11. The van der Waals surface area contributed by atoms with Crippen LogP contribution in [0.25, 0.3) is 0 Å². The minimum absolute atomic E-state index is 0.000101. The second-order valence-electron chi connectivity index (χ2n) is 5.45. The Balaban J connectivity index is 2.14. The van der Waals surface area contributed by atoms with Gasteiger partial charge in [0.2, 0.25) is 0 Å². The topological polar surface area (TPSA) is 38.1 Å². The molecule has 0 amide bonds. The third-order valence-corrected chi connectivity index (χ3v) is 3.58. The van der Waals surface area contributed by atoms with E-state index >= 15 is 0 Å². The van der Waals surface area contributed by atoms with Crippen LogP contribution in [0.4, 0.5) is 0 Å². The molecule has 21 heavy (non-hydrogen) atoms. The van der Waals surface area contributed by atoms with Crippen LogP contribution in [0.3, 0.4) is 0 Å². The molecule has 0 saturated carbocycles. The van der Waals surface area contributed by atoms with Crippen molar-refractivity contribution in [2.45, 2.75) is 19.9 Å². The Morgan fingerprint density at radius 3 is 2.57 bits per heavy atom. The van der Waals surface area contributed by atoms with Gasteiger partial charge in [-0.1, -0.05) is 41.4 Å². The van der Waals surface area contributed by atoms with E-state index in [-0.39, 0.29) is 5.78 Å². The molecule has 0 bridgehead atoms. The van der Waals surface area contributed by atoms with Crippen LogP contribution in [0.5, 0.6) is 0 Å². The Morgan fingerprint density at radius 2 is 1.95 bits per heavy atom. The molecular weight excluding hydrogens is 286 g/mol. The van der Waals surface area contributed by atoms with Crippen molar-refractivity contribution in [3.63, 3.8) is 0 Å². The third-order valence-electron chi connectivity index (χ3n) is 3.30. The van der Waals surface area contributed by atoms with E-state index in [2.05, 4.69) is 5.10 Å². The largest absolute Gasteiger partial charge is 0.308 e. The van der Waals surface area contributed by atoms with Crippen LogP contribution < -0.4 is 0 Å². The van der Waals surface area contributed by atoms with Crippen LogP contribution in [0.15, 0.2) is 30.5 Å². The van der Waals surface area contributed by atoms with E-state index in [0.29, 0.717) is 23.7 Å². The summed E-state index contributed by atoms with van der Waals surface area (Å²) in [4.78, 5) is 14.5. The van der Waals surface area contributed by atoms with Crippen molar-refractivity contribution < 1.29 is 4.79 Å². The van der Waals surface area contributed by atoms with Gasteiger partial charge in [-0.2, -0.15) is 5.10 Å². The lowest BCUT2D eigenvalue weighted by molar-refractivity contribution is 0.0982. The molecule has 5 heteroatoms. The summed E-state index contributed by atoms with van der Waals surface area (Å²) < 4.78 is 1.69. The lowest BCUT2D eigenvalue weighted by Crippen LogP contribution is -2.22. The molecule has 0 atom stereocenters. The average Bonchev–Trinajstić information content (AvgIpc) is 2.80. The third kappa shape index (κ3) is 4.16. The molecule has 0 saturated heterocycles. The smallest absolute Gasteiger partial charge is 0.186 e. The van der Waals surface area contributed by atoms with E-state index < -0.39 is 0 Å². The molecule has 4 nitrogen and oxygen atoms in total. The van der Waals surface area contributed by atoms with Gasteiger partial charge in [0.25, 0.3) is 0 Å². The van der Waals surface area contributed by atoms with E-state index in [1.54, 1.807) is 10.9 Å². The number of aryl methyl sites for hydroxylation is 1. The van der Waals surface area contributed by atoms with Crippen LogP contribution in [-0.4, -0.2) is 41.1 Å². The number of halogens is 1. The molecule has 0 fully saturated rings. The number of hydrogen-bond donors (Lipinski definition) is 0. The van der Waals surface area contributed by atoms with Crippen LogP contribution in [0.2, 0.25) is 5.02 Å². The van der Waals surface area contributed by atoms with Gasteiger partial charge < -0.3 is 4.90 Å². The zero-order valence-corrected chi connectivity index (χ0v) is 13.4. The highest BCUT2D eigenvalue weighted by Crippen LogP contribution is 2.18.